The minimum absolute atomic E-state index is 0.00943. The molecule has 1 fully saturated rings. The fourth-order valence-electron chi connectivity index (χ4n) is 3.18. The van der Waals surface area contributed by atoms with Crippen LogP contribution in [0.15, 0.2) is 36.4 Å². The summed E-state index contributed by atoms with van der Waals surface area (Å²) in [5.41, 5.74) is 1.73. The largest absolute Gasteiger partial charge is 0.461 e. The zero-order valence-electron chi connectivity index (χ0n) is 16.0. The van der Waals surface area contributed by atoms with E-state index >= 15 is 0 Å². The average molecular weight is 457 g/mol. The van der Waals surface area contributed by atoms with Gasteiger partial charge in [-0.1, -0.05) is 35.3 Å². The van der Waals surface area contributed by atoms with Gasteiger partial charge in [0.2, 0.25) is 6.29 Å². The molecule has 0 aliphatic carbocycles. The van der Waals surface area contributed by atoms with Crippen molar-refractivity contribution in [2.75, 3.05) is 6.61 Å². The molecule has 0 bridgehead atoms. The van der Waals surface area contributed by atoms with Crippen LogP contribution in [0, 0.1) is 6.92 Å². The summed E-state index contributed by atoms with van der Waals surface area (Å²) in [4.78, 5) is 13.0. The summed E-state index contributed by atoms with van der Waals surface area (Å²) < 4.78 is 11.0. The first kappa shape index (κ1) is 23.0. The third kappa shape index (κ3) is 4.95. The van der Waals surface area contributed by atoms with Gasteiger partial charge >= 0.3 is 0 Å². The molecule has 0 aromatic heterocycles. The van der Waals surface area contributed by atoms with E-state index in [1.807, 2.05) is 13.0 Å². The second kappa shape index (κ2) is 9.62. The molecule has 5 atom stereocenters. The number of ketones is 1. The number of hydrogen-bond donors (Lipinski definition) is 4. The molecule has 0 radical (unpaired) electrons. The fraction of sp³-hybridized carbons (Fsp3) is 0.381. The second-order valence-electron chi connectivity index (χ2n) is 7.15. The smallest absolute Gasteiger partial charge is 0.229 e. The first-order valence-corrected chi connectivity index (χ1v) is 10.0. The molecule has 5 unspecified atom stereocenters. The van der Waals surface area contributed by atoms with E-state index in [0.717, 1.165) is 5.56 Å². The Labute approximate surface area is 183 Å². The highest BCUT2D eigenvalue weighted by Crippen LogP contribution is 2.30. The number of ether oxygens (including phenoxy) is 2. The highest BCUT2D eigenvalue weighted by Gasteiger charge is 2.45. The number of rotatable bonds is 6. The van der Waals surface area contributed by atoms with Crippen molar-refractivity contribution in [1.82, 2.24) is 0 Å². The molecule has 2 aromatic rings. The summed E-state index contributed by atoms with van der Waals surface area (Å²) in [5, 5.41) is 40.1. The number of halogens is 2. The van der Waals surface area contributed by atoms with E-state index in [-0.39, 0.29) is 23.5 Å². The van der Waals surface area contributed by atoms with Gasteiger partial charge in [-0.05, 0) is 42.3 Å². The van der Waals surface area contributed by atoms with Crippen LogP contribution in [-0.2, 0) is 11.2 Å². The van der Waals surface area contributed by atoms with E-state index in [0.29, 0.717) is 15.6 Å². The van der Waals surface area contributed by atoms with Gasteiger partial charge in [0.25, 0.3) is 0 Å². The summed E-state index contributed by atoms with van der Waals surface area (Å²) in [6, 6.07) is 9.72. The Bertz CT molecular complexity index is 918. The number of Topliss-reactive ketones (excluding diaryl/α,β-unsaturated/α-hetero) is 1. The molecule has 1 heterocycles. The lowest BCUT2D eigenvalue weighted by atomic mass is 9.99. The van der Waals surface area contributed by atoms with Crippen molar-refractivity contribution >= 4 is 29.0 Å². The number of hydrogen-bond acceptors (Lipinski definition) is 7. The number of carbonyl (C=O) groups excluding carboxylic acids is 1. The lowest BCUT2D eigenvalue weighted by molar-refractivity contribution is -0.277. The first-order valence-electron chi connectivity index (χ1n) is 9.26. The molecule has 162 valence electrons. The lowest BCUT2D eigenvalue weighted by Gasteiger charge is -2.39. The molecule has 1 aliphatic heterocycles. The zero-order valence-corrected chi connectivity index (χ0v) is 17.5. The number of aliphatic hydroxyl groups excluding tert-OH is 4. The standard InChI is InChI=1S/C21H22Cl2O7/c1-10-2-3-11(14(23)6-10)7-15(25)13-8-12(22)4-5-16(13)29-21-20(28)19(27)18(26)17(9-24)30-21/h2-6,8,17-21,24,26-28H,7,9H2,1H3. The van der Waals surface area contributed by atoms with Crippen molar-refractivity contribution in [3.05, 3.63) is 63.1 Å². The Balaban J connectivity index is 1.85. The topological polar surface area (TPSA) is 116 Å². The molecule has 0 saturated carbocycles. The van der Waals surface area contributed by atoms with Gasteiger partial charge in [-0.15, -0.1) is 0 Å². The lowest BCUT2D eigenvalue weighted by Crippen LogP contribution is -2.60. The Kier molecular flexibility index (Phi) is 7.36. The third-order valence-electron chi connectivity index (χ3n) is 4.89. The quantitative estimate of drug-likeness (QED) is 0.490. The molecule has 4 N–H and O–H groups in total. The predicted octanol–water partition coefficient (Wildman–Crippen LogP) is 1.91. The van der Waals surface area contributed by atoms with E-state index in [4.69, 9.17) is 32.7 Å². The average Bonchev–Trinajstić information content (AvgIpc) is 2.71. The molecular weight excluding hydrogens is 435 g/mol. The van der Waals surface area contributed by atoms with Gasteiger partial charge in [-0.25, -0.2) is 0 Å². The molecule has 7 nitrogen and oxygen atoms in total. The van der Waals surface area contributed by atoms with E-state index < -0.39 is 37.3 Å². The number of aliphatic hydroxyl groups is 4. The van der Waals surface area contributed by atoms with Crippen LogP contribution in [0.1, 0.15) is 21.5 Å². The molecular formula is C21H22Cl2O7. The number of benzene rings is 2. The highest BCUT2D eigenvalue weighted by atomic mass is 35.5. The van der Waals surface area contributed by atoms with Crippen LogP contribution in [0.25, 0.3) is 0 Å². The Morgan fingerprint density at radius 2 is 1.80 bits per heavy atom. The minimum Gasteiger partial charge on any atom is -0.461 e. The maximum absolute atomic E-state index is 13.0. The molecule has 0 spiro atoms. The maximum atomic E-state index is 13.0. The Morgan fingerprint density at radius 1 is 1.07 bits per heavy atom. The molecule has 30 heavy (non-hydrogen) atoms. The van der Waals surface area contributed by atoms with Crippen molar-refractivity contribution in [2.24, 2.45) is 0 Å². The van der Waals surface area contributed by atoms with Crippen LogP contribution in [0.4, 0.5) is 0 Å². The summed E-state index contributed by atoms with van der Waals surface area (Å²) in [5.74, 6) is -0.264. The maximum Gasteiger partial charge on any atom is 0.229 e. The van der Waals surface area contributed by atoms with E-state index in [9.17, 15) is 25.2 Å². The van der Waals surface area contributed by atoms with E-state index in [1.54, 1.807) is 12.1 Å². The van der Waals surface area contributed by atoms with Crippen LogP contribution in [0.2, 0.25) is 10.0 Å². The van der Waals surface area contributed by atoms with Crippen LogP contribution in [0.5, 0.6) is 5.75 Å². The van der Waals surface area contributed by atoms with Gasteiger partial charge < -0.3 is 29.9 Å². The van der Waals surface area contributed by atoms with Gasteiger partial charge in [0.05, 0.1) is 12.2 Å². The SMILES string of the molecule is Cc1ccc(CC(=O)c2cc(Cl)ccc2OC2OC(CO)C(O)C(O)C2O)c(Cl)c1. The van der Waals surface area contributed by atoms with Gasteiger partial charge in [0.15, 0.2) is 5.78 Å². The van der Waals surface area contributed by atoms with Crippen LogP contribution >= 0.6 is 23.2 Å². The Hall–Kier alpha value is -1.71. The van der Waals surface area contributed by atoms with Crippen molar-refractivity contribution in [3.63, 3.8) is 0 Å². The highest BCUT2D eigenvalue weighted by molar-refractivity contribution is 6.32. The van der Waals surface area contributed by atoms with Crippen molar-refractivity contribution in [1.29, 1.82) is 0 Å². The molecule has 1 aliphatic rings. The summed E-state index contributed by atoms with van der Waals surface area (Å²) in [6.45, 7) is 1.30. The summed E-state index contributed by atoms with van der Waals surface area (Å²) >= 11 is 12.3. The molecule has 0 amide bonds. The van der Waals surface area contributed by atoms with Crippen LogP contribution in [0.3, 0.4) is 0 Å². The second-order valence-corrected chi connectivity index (χ2v) is 7.99. The van der Waals surface area contributed by atoms with Crippen molar-refractivity contribution in [2.45, 2.75) is 44.1 Å². The number of carbonyl (C=O) groups is 1. The van der Waals surface area contributed by atoms with E-state index in [1.165, 1.54) is 18.2 Å². The van der Waals surface area contributed by atoms with Crippen LogP contribution < -0.4 is 4.74 Å². The number of aryl methyl sites for hydroxylation is 1. The normalized spacial score (nSPS) is 26.4. The molecule has 9 heteroatoms. The van der Waals surface area contributed by atoms with Crippen molar-refractivity contribution in [3.8, 4) is 5.75 Å². The molecule has 1 saturated heterocycles. The van der Waals surface area contributed by atoms with E-state index in [2.05, 4.69) is 0 Å². The summed E-state index contributed by atoms with van der Waals surface area (Å²) in [7, 11) is 0. The minimum atomic E-state index is -1.60. The van der Waals surface area contributed by atoms with Gasteiger partial charge in [0, 0.05) is 16.5 Å². The van der Waals surface area contributed by atoms with Gasteiger partial charge in [0.1, 0.15) is 30.2 Å². The first-order chi connectivity index (χ1) is 14.2. The monoisotopic (exact) mass is 456 g/mol. The zero-order chi connectivity index (χ0) is 22.0. The van der Waals surface area contributed by atoms with Gasteiger partial charge in [-0.2, -0.15) is 0 Å². The van der Waals surface area contributed by atoms with Crippen molar-refractivity contribution < 1.29 is 34.7 Å². The predicted molar refractivity (Wildman–Crippen MR) is 110 cm³/mol. The third-order valence-corrected chi connectivity index (χ3v) is 5.48. The fourth-order valence-corrected chi connectivity index (χ4v) is 3.65. The van der Waals surface area contributed by atoms with Crippen LogP contribution in [-0.4, -0.2) is 63.5 Å². The van der Waals surface area contributed by atoms with Gasteiger partial charge in [-0.3, -0.25) is 4.79 Å². The summed E-state index contributed by atoms with van der Waals surface area (Å²) in [6.07, 6.45) is -7.28. The molecule has 3 rings (SSSR count). The molecule has 2 aromatic carbocycles. The Morgan fingerprint density at radius 3 is 2.47 bits per heavy atom.